The molecular weight excluding hydrogens is 362 g/mol. The molecule has 0 aliphatic carbocycles. The Morgan fingerprint density at radius 2 is 0.680 bits per heavy atom. The average molecular weight is 363 g/mol. The third-order valence-electron chi connectivity index (χ3n) is 2.45. The molecule has 0 radical (unpaired) electrons. The van der Waals surface area contributed by atoms with E-state index < -0.39 is 64.0 Å². The molecule has 0 atom stereocenters. The quantitative estimate of drug-likeness (QED) is 0.429. The maximum Gasteiger partial charge on any atom is 0.445 e. The van der Waals surface area contributed by atoms with E-state index in [0.29, 0.717) is 0 Å². The summed E-state index contributed by atoms with van der Waals surface area (Å²) in [6.45, 7) is 0. The van der Waals surface area contributed by atoms with Gasteiger partial charge in [-0.05, 0) is 9.85 Å². The van der Waals surface area contributed by atoms with Crippen molar-refractivity contribution in [2.75, 3.05) is 0 Å². The van der Waals surface area contributed by atoms with Crippen LogP contribution < -0.4 is 5.32 Å². The molecule has 0 aromatic rings. The van der Waals surface area contributed by atoms with Crippen molar-refractivity contribution < 1.29 is 29.5 Å². The van der Waals surface area contributed by atoms with Crippen molar-refractivity contribution in [3.63, 3.8) is 0 Å². The number of nitro groups is 6. The van der Waals surface area contributed by atoms with Gasteiger partial charge in [0.15, 0.2) is 0 Å². The molecule has 0 unspecified atom stereocenters. The van der Waals surface area contributed by atoms with E-state index >= 15 is 0 Å². The predicted molar refractivity (Wildman–Crippen MR) is 66.2 cm³/mol. The minimum atomic E-state index is -2.27. The van der Waals surface area contributed by atoms with E-state index in [1.54, 1.807) is 0 Å². The first-order chi connectivity index (χ1) is 11.4. The van der Waals surface area contributed by atoms with Gasteiger partial charge in [0.05, 0.1) is 19.7 Å². The van der Waals surface area contributed by atoms with Gasteiger partial charge < -0.3 is 20.2 Å². The van der Waals surface area contributed by atoms with E-state index in [0.717, 1.165) is 5.32 Å². The molecule has 0 saturated carbocycles. The van der Waals surface area contributed by atoms with Gasteiger partial charge in [-0.1, -0.05) is 0 Å². The molecule has 0 saturated heterocycles. The average Bonchev–Trinajstić information content (AvgIpc) is 2.61. The second-order valence-corrected chi connectivity index (χ2v) is 3.76. The topological polar surface area (TPSA) is 271 Å². The van der Waals surface area contributed by atoms with Crippen molar-refractivity contribution in [2.24, 2.45) is 0 Å². The summed E-state index contributed by atoms with van der Waals surface area (Å²) < 4.78 is 0. The van der Waals surface area contributed by atoms with Crippen LogP contribution in [0.4, 0.5) is 0 Å². The molecule has 132 valence electrons. The van der Waals surface area contributed by atoms with E-state index in [-0.39, 0.29) is 0 Å². The molecule has 1 N–H and O–H groups in total. The van der Waals surface area contributed by atoms with E-state index in [9.17, 15) is 60.7 Å². The van der Waals surface area contributed by atoms with Crippen molar-refractivity contribution in [3.8, 4) is 0 Å². The smallest absolute Gasteiger partial charge is 0.358 e. The van der Waals surface area contributed by atoms with Crippen molar-refractivity contribution >= 4 is 0 Å². The fourth-order valence-electron chi connectivity index (χ4n) is 1.64. The maximum absolute atomic E-state index is 11.0. The largest absolute Gasteiger partial charge is 0.445 e. The molecular formula is C6HN7O12. The molecule has 1 heterocycles. The Labute approximate surface area is 131 Å². The molecule has 0 amide bonds. The molecule has 19 heteroatoms. The zero-order valence-electron chi connectivity index (χ0n) is 11.1. The van der Waals surface area contributed by atoms with E-state index in [4.69, 9.17) is 0 Å². The monoisotopic (exact) mass is 363 g/mol. The van der Waals surface area contributed by atoms with Crippen LogP contribution in [0.5, 0.6) is 0 Å². The fourth-order valence-corrected chi connectivity index (χ4v) is 1.64. The normalized spacial score (nSPS) is 14.6. The molecule has 1 aliphatic heterocycles. The van der Waals surface area contributed by atoms with Crippen LogP contribution in [-0.4, -0.2) is 29.5 Å². The second kappa shape index (κ2) is 6.27. The Balaban J connectivity index is 4.29. The third-order valence-corrected chi connectivity index (χ3v) is 2.45. The van der Waals surface area contributed by atoms with Crippen LogP contribution in [-0.2, 0) is 0 Å². The van der Waals surface area contributed by atoms with Gasteiger partial charge in [-0.3, -0.25) is 40.5 Å². The predicted octanol–water partition coefficient (Wildman–Crippen LogP) is -1.20. The van der Waals surface area contributed by atoms with Crippen molar-refractivity contribution in [1.29, 1.82) is 0 Å². The second-order valence-electron chi connectivity index (χ2n) is 3.76. The highest BCUT2D eigenvalue weighted by atomic mass is 16.7. The number of nitrogens with zero attached hydrogens (tertiary/aromatic N) is 6. The maximum atomic E-state index is 11.0. The van der Waals surface area contributed by atoms with Crippen molar-refractivity contribution in [3.05, 3.63) is 95.1 Å². The van der Waals surface area contributed by atoms with Gasteiger partial charge in [-0.25, -0.2) is 0 Å². The highest BCUT2D eigenvalue weighted by molar-refractivity contribution is 5.36. The first kappa shape index (κ1) is 18.5. The zero-order valence-corrected chi connectivity index (χ0v) is 11.1. The lowest BCUT2D eigenvalue weighted by Gasteiger charge is -2.01. The minimum absolute atomic E-state index is 1.07. The lowest BCUT2D eigenvalue weighted by molar-refractivity contribution is -0.524. The Kier molecular flexibility index (Phi) is 4.63. The Bertz CT molecular complexity index is 780. The molecule has 1 aliphatic rings. The molecule has 0 spiro atoms. The molecule has 1 rings (SSSR count). The van der Waals surface area contributed by atoms with Gasteiger partial charge in [0.25, 0.3) is 0 Å². The van der Waals surface area contributed by atoms with Gasteiger partial charge in [0.2, 0.25) is 0 Å². The van der Waals surface area contributed by atoms with Crippen molar-refractivity contribution in [1.82, 2.24) is 5.32 Å². The number of nitrogens with one attached hydrogen (secondary N) is 1. The van der Waals surface area contributed by atoms with Gasteiger partial charge in [-0.2, -0.15) is 5.32 Å². The number of rotatable bonds is 6. The summed E-state index contributed by atoms with van der Waals surface area (Å²) in [5.74, 6) is -4.06. The standard InChI is InChI=1S/C6HN7O12/c14-8(15)1-2(9(16)17)4(11(20)21)6(13(24)25)7-5(12(22)23)3(1)10(18)19/h7H. The van der Waals surface area contributed by atoms with E-state index in [1.807, 2.05) is 0 Å². The zero-order chi connectivity index (χ0) is 19.6. The molecule has 0 fully saturated rings. The number of hydrogen-bond donors (Lipinski definition) is 1. The highest BCUT2D eigenvalue weighted by Gasteiger charge is 2.58. The molecule has 0 aromatic heterocycles. The van der Waals surface area contributed by atoms with Gasteiger partial charge >= 0.3 is 34.4 Å². The summed E-state index contributed by atoms with van der Waals surface area (Å²) in [7, 11) is 0. The van der Waals surface area contributed by atoms with Crippen LogP contribution in [0.25, 0.3) is 0 Å². The summed E-state index contributed by atoms with van der Waals surface area (Å²) in [6, 6.07) is 0. The molecule has 25 heavy (non-hydrogen) atoms. The summed E-state index contributed by atoms with van der Waals surface area (Å²) in [5.41, 5.74) is -8.87. The van der Waals surface area contributed by atoms with Gasteiger partial charge in [0, 0.05) is 0 Å². The molecule has 0 bridgehead atoms. The lowest BCUT2D eigenvalue weighted by atomic mass is 10.2. The van der Waals surface area contributed by atoms with Crippen LogP contribution in [0.2, 0.25) is 0 Å². The van der Waals surface area contributed by atoms with Crippen LogP contribution in [0.3, 0.4) is 0 Å². The summed E-state index contributed by atoms with van der Waals surface area (Å²) in [4.78, 5) is 54.8. The Morgan fingerprint density at radius 3 is 0.840 bits per heavy atom. The molecule has 19 nitrogen and oxygen atoms in total. The van der Waals surface area contributed by atoms with E-state index in [2.05, 4.69) is 0 Å². The lowest BCUT2D eigenvalue weighted by Crippen LogP contribution is -2.28. The number of hydrogen-bond acceptors (Lipinski definition) is 13. The molecule has 0 aromatic carbocycles. The minimum Gasteiger partial charge on any atom is -0.358 e. The van der Waals surface area contributed by atoms with Crippen LogP contribution >= 0.6 is 0 Å². The Morgan fingerprint density at radius 1 is 0.440 bits per heavy atom. The Hall–Kier alpha value is -4.58. The fraction of sp³-hybridized carbons (Fsp3) is 0. The third kappa shape index (κ3) is 3.13. The van der Waals surface area contributed by atoms with Gasteiger partial charge in [0.1, 0.15) is 0 Å². The van der Waals surface area contributed by atoms with Crippen LogP contribution in [0.15, 0.2) is 34.4 Å². The highest BCUT2D eigenvalue weighted by Crippen LogP contribution is 2.30. The summed E-state index contributed by atoms with van der Waals surface area (Å²) >= 11 is 0. The summed E-state index contributed by atoms with van der Waals surface area (Å²) in [5, 5.41) is 66.7. The van der Waals surface area contributed by atoms with Crippen LogP contribution in [0, 0.1) is 60.7 Å². The summed E-state index contributed by atoms with van der Waals surface area (Å²) in [6.07, 6.45) is 0. The van der Waals surface area contributed by atoms with Crippen LogP contribution in [0.1, 0.15) is 0 Å². The first-order valence-corrected chi connectivity index (χ1v) is 5.28. The SMILES string of the molecule is O=[N+]([O-])C1=C([N+](=O)[O-])C([N+](=O)[O-])=C([N+](=O)[O-])C([N+](=O)[O-])=C([N+](=O)[O-])N1. The first-order valence-electron chi connectivity index (χ1n) is 5.28. The van der Waals surface area contributed by atoms with Crippen molar-refractivity contribution in [2.45, 2.75) is 0 Å². The van der Waals surface area contributed by atoms with E-state index in [1.165, 1.54) is 0 Å². The van der Waals surface area contributed by atoms with Gasteiger partial charge in [-0.15, -0.1) is 0 Å².